The Morgan fingerprint density at radius 3 is 2.24 bits per heavy atom. The molecule has 1 amide bonds. The van der Waals surface area contributed by atoms with E-state index >= 15 is 0 Å². The lowest BCUT2D eigenvalue weighted by Gasteiger charge is -2.25. The first-order chi connectivity index (χ1) is 21.3. The number of alkyl halides is 6. The SMILES string of the molecule is O=C(Nc1cc(C(F)(F)F)cc(C(F)(F)F)c1)c1ccc2c(c1)CCC(CCC[C@@]13CCC(c4ccccc4)CCC1C3)C2=O. The summed E-state index contributed by atoms with van der Waals surface area (Å²) in [7, 11) is 0. The van der Waals surface area contributed by atoms with Crippen LogP contribution in [0.4, 0.5) is 32.0 Å². The van der Waals surface area contributed by atoms with Gasteiger partial charge < -0.3 is 5.32 Å². The summed E-state index contributed by atoms with van der Waals surface area (Å²) >= 11 is 0. The molecule has 0 bridgehead atoms. The van der Waals surface area contributed by atoms with Gasteiger partial charge in [0.25, 0.3) is 5.91 Å². The molecule has 3 aliphatic carbocycles. The molecule has 0 saturated heterocycles. The predicted molar refractivity (Wildman–Crippen MR) is 159 cm³/mol. The van der Waals surface area contributed by atoms with Gasteiger partial charge in [-0.2, -0.15) is 26.3 Å². The molecule has 1 N–H and O–H groups in total. The van der Waals surface area contributed by atoms with Crippen LogP contribution in [0.2, 0.25) is 0 Å². The zero-order valence-electron chi connectivity index (χ0n) is 24.7. The molecule has 6 rings (SSSR count). The summed E-state index contributed by atoms with van der Waals surface area (Å²) < 4.78 is 79.3. The highest BCUT2D eigenvalue weighted by Crippen LogP contribution is 2.64. The Balaban J connectivity index is 1.06. The Morgan fingerprint density at radius 2 is 1.56 bits per heavy atom. The van der Waals surface area contributed by atoms with Crippen LogP contribution in [0, 0.1) is 17.3 Å². The van der Waals surface area contributed by atoms with Crippen molar-refractivity contribution in [3.63, 3.8) is 0 Å². The van der Waals surface area contributed by atoms with Crippen LogP contribution in [0.1, 0.15) is 107 Å². The summed E-state index contributed by atoms with van der Waals surface area (Å²) in [5, 5.41) is 2.17. The molecule has 0 aliphatic heterocycles. The molecule has 0 spiro atoms. The van der Waals surface area contributed by atoms with Crippen LogP contribution < -0.4 is 5.32 Å². The average Bonchev–Trinajstić information content (AvgIpc) is 3.72. The number of rotatable bonds is 7. The first kappa shape index (κ1) is 31.4. The van der Waals surface area contributed by atoms with Gasteiger partial charge in [-0.05, 0) is 116 Å². The molecule has 0 aromatic heterocycles. The molecule has 238 valence electrons. The van der Waals surface area contributed by atoms with Gasteiger partial charge in [-0.3, -0.25) is 9.59 Å². The van der Waals surface area contributed by atoms with Crippen molar-refractivity contribution in [3.05, 3.63) is 100 Å². The fourth-order valence-electron chi connectivity index (χ4n) is 7.71. The summed E-state index contributed by atoms with van der Waals surface area (Å²) in [6, 6.07) is 16.2. The minimum atomic E-state index is -5.02. The van der Waals surface area contributed by atoms with E-state index in [-0.39, 0.29) is 23.3 Å². The molecule has 0 radical (unpaired) electrons. The number of nitrogens with one attached hydrogen (secondary N) is 1. The Labute approximate surface area is 258 Å². The number of hydrogen-bond donors (Lipinski definition) is 1. The van der Waals surface area contributed by atoms with Crippen LogP contribution in [-0.4, -0.2) is 11.7 Å². The van der Waals surface area contributed by atoms with E-state index < -0.39 is 35.1 Å². The number of fused-ring (bicyclic) bond motifs is 2. The van der Waals surface area contributed by atoms with Gasteiger partial charge in [0.15, 0.2) is 5.78 Å². The summed E-state index contributed by atoms with van der Waals surface area (Å²) in [4.78, 5) is 26.2. The summed E-state index contributed by atoms with van der Waals surface area (Å²) in [5.74, 6) is 0.498. The third-order valence-corrected chi connectivity index (χ3v) is 10.3. The number of carbonyl (C=O) groups is 2. The van der Waals surface area contributed by atoms with E-state index in [0.29, 0.717) is 47.4 Å². The minimum Gasteiger partial charge on any atom is -0.322 e. The van der Waals surface area contributed by atoms with E-state index in [1.165, 1.54) is 49.8 Å². The van der Waals surface area contributed by atoms with Gasteiger partial charge in [-0.1, -0.05) is 42.8 Å². The number of carbonyl (C=O) groups excluding carboxylic acids is 2. The quantitative estimate of drug-likeness (QED) is 0.265. The smallest absolute Gasteiger partial charge is 0.322 e. The molecule has 3 aliphatic rings. The van der Waals surface area contributed by atoms with Crippen molar-refractivity contribution < 1.29 is 35.9 Å². The predicted octanol–water partition coefficient (Wildman–Crippen LogP) is 10.3. The zero-order valence-corrected chi connectivity index (χ0v) is 24.7. The van der Waals surface area contributed by atoms with Crippen molar-refractivity contribution in [3.8, 4) is 0 Å². The monoisotopic (exact) mass is 627 g/mol. The molecule has 3 unspecified atom stereocenters. The van der Waals surface area contributed by atoms with E-state index in [1.54, 1.807) is 6.07 Å². The lowest BCUT2D eigenvalue weighted by molar-refractivity contribution is -0.143. The van der Waals surface area contributed by atoms with Crippen LogP contribution in [0.15, 0.2) is 66.7 Å². The fourth-order valence-corrected chi connectivity index (χ4v) is 7.71. The molecule has 2 fully saturated rings. The molecule has 45 heavy (non-hydrogen) atoms. The van der Waals surface area contributed by atoms with Crippen LogP contribution in [0.3, 0.4) is 0 Å². The second-order valence-electron chi connectivity index (χ2n) is 13.1. The lowest BCUT2D eigenvalue weighted by atomic mass is 9.78. The van der Waals surface area contributed by atoms with Crippen molar-refractivity contribution in [2.45, 2.75) is 82.5 Å². The van der Waals surface area contributed by atoms with Crippen molar-refractivity contribution in [1.29, 1.82) is 0 Å². The Kier molecular flexibility index (Phi) is 8.33. The minimum absolute atomic E-state index is 0.0110. The molecule has 3 nitrogen and oxygen atoms in total. The first-order valence-corrected chi connectivity index (χ1v) is 15.7. The van der Waals surface area contributed by atoms with Gasteiger partial charge in [-0.15, -0.1) is 0 Å². The summed E-state index contributed by atoms with van der Waals surface area (Å²) in [6.45, 7) is 0. The van der Waals surface area contributed by atoms with Gasteiger partial charge >= 0.3 is 12.4 Å². The van der Waals surface area contributed by atoms with Crippen molar-refractivity contribution >= 4 is 17.4 Å². The van der Waals surface area contributed by atoms with Crippen molar-refractivity contribution in [2.75, 3.05) is 5.32 Å². The maximum Gasteiger partial charge on any atom is 0.416 e. The highest BCUT2D eigenvalue weighted by molar-refractivity contribution is 6.06. The lowest BCUT2D eigenvalue weighted by Crippen LogP contribution is -2.24. The third kappa shape index (κ3) is 6.82. The topological polar surface area (TPSA) is 46.2 Å². The number of anilines is 1. The van der Waals surface area contributed by atoms with E-state index in [2.05, 4.69) is 35.6 Å². The number of Topliss-reactive ketones (excluding diaryl/α,β-unsaturated/α-hetero) is 1. The Bertz CT molecular complexity index is 1550. The molecular formula is C36H35F6NO2. The van der Waals surface area contributed by atoms with Gasteiger partial charge in [0, 0.05) is 22.7 Å². The molecular weight excluding hydrogens is 592 g/mol. The molecule has 3 aromatic carbocycles. The van der Waals surface area contributed by atoms with Crippen LogP contribution in [-0.2, 0) is 18.8 Å². The standard InChI is InChI=1S/C36H35F6NO2/c37-35(38,39)28-18-29(36(40,41)42)20-30(19-28)43-33(45)26-11-13-31-25(17-26)9-8-24(32(31)44)7-4-15-34-16-14-23(10-12-27(34)21-34)22-5-2-1-3-6-22/h1-3,5-6,11,13,17-20,23-24,27H,4,7-10,12,14-16,21H2,(H,43,45)/t23?,24?,27?,34-/m0/s1. The van der Waals surface area contributed by atoms with E-state index in [9.17, 15) is 35.9 Å². The Morgan fingerprint density at radius 1 is 0.844 bits per heavy atom. The van der Waals surface area contributed by atoms with Crippen molar-refractivity contribution in [2.24, 2.45) is 17.3 Å². The molecule has 9 heteroatoms. The van der Waals surface area contributed by atoms with Crippen LogP contribution in [0.5, 0.6) is 0 Å². The second kappa shape index (κ2) is 12.0. The van der Waals surface area contributed by atoms with Gasteiger partial charge in [0.1, 0.15) is 0 Å². The van der Waals surface area contributed by atoms with E-state index in [4.69, 9.17) is 0 Å². The van der Waals surface area contributed by atoms with Gasteiger partial charge in [0.05, 0.1) is 11.1 Å². The summed E-state index contributed by atoms with van der Waals surface area (Å²) in [5.41, 5.74) is -0.521. The molecule has 2 saturated carbocycles. The zero-order chi connectivity index (χ0) is 32.0. The van der Waals surface area contributed by atoms with E-state index in [1.807, 2.05) is 0 Å². The number of halogens is 6. The molecule has 3 aromatic rings. The van der Waals surface area contributed by atoms with Crippen molar-refractivity contribution in [1.82, 2.24) is 0 Å². The first-order valence-electron chi connectivity index (χ1n) is 15.7. The van der Waals surface area contributed by atoms with Crippen LogP contribution in [0.25, 0.3) is 0 Å². The normalized spacial score (nSPS) is 24.8. The van der Waals surface area contributed by atoms with Gasteiger partial charge in [-0.25, -0.2) is 0 Å². The number of benzene rings is 3. The maximum absolute atomic E-state index is 13.4. The highest BCUT2D eigenvalue weighted by Gasteiger charge is 2.53. The molecule has 4 atom stereocenters. The van der Waals surface area contributed by atoms with Crippen LogP contribution >= 0.6 is 0 Å². The fraction of sp³-hybridized carbons (Fsp3) is 0.444. The number of aryl methyl sites for hydroxylation is 1. The highest BCUT2D eigenvalue weighted by atomic mass is 19.4. The maximum atomic E-state index is 13.4. The number of hydrogen-bond acceptors (Lipinski definition) is 2. The Hall–Kier alpha value is -3.62. The number of amides is 1. The number of ketones is 1. The average molecular weight is 628 g/mol. The second-order valence-corrected chi connectivity index (χ2v) is 13.1. The molecule has 0 heterocycles. The van der Waals surface area contributed by atoms with Gasteiger partial charge in [0.2, 0.25) is 0 Å². The third-order valence-electron chi connectivity index (χ3n) is 10.3. The summed E-state index contributed by atoms with van der Waals surface area (Å²) in [6.07, 6.45) is 0.363. The van der Waals surface area contributed by atoms with E-state index in [0.717, 1.165) is 25.2 Å². The largest absolute Gasteiger partial charge is 0.416 e.